The molecule has 0 aliphatic rings. The predicted molar refractivity (Wildman–Crippen MR) is 57.5 cm³/mol. The maximum Gasteiger partial charge on any atom is 0.162 e. The van der Waals surface area contributed by atoms with Gasteiger partial charge in [0.2, 0.25) is 0 Å². The monoisotopic (exact) mass is 209 g/mol. The van der Waals surface area contributed by atoms with Crippen LogP contribution in [-0.2, 0) is 5.54 Å². The van der Waals surface area contributed by atoms with Crippen molar-refractivity contribution in [2.75, 3.05) is 0 Å². The number of hydrogen-bond donors (Lipinski definition) is 0. The second-order valence-corrected chi connectivity index (χ2v) is 4.65. The van der Waals surface area contributed by atoms with Crippen molar-refractivity contribution in [3.8, 4) is 0 Å². The Hall–Kier alpha value is -1.09. The molecule has 0 aliphatic heterocycles. The van der Waals surface area contributed by atoms with Gasteiger partial charge in [-0.2, -0.15) is 0 Å². The maximum atomic E-state index is 5.85. The van der Waals surface area contributed by atoms with E-state index in [0.717, 1.165) is 11.2 Å². The van der Waals surface area contributed by atoms with Gasteiger partial charge in [-0.25, -0.2) is 9.97 Å². The van der Waals surface area contributed by atoms with Gasteiger partial charge in [-0.3, -0.25) is 0 Å². The van der Waals surface area contributed by atoms with Crippen LogP contribution in [0, 0.1) is 0 Å². The van der Waals surface area contributed by atoms with Crippen LogP contribution in [0.4, 0.5) is 0 Å². The van der Waals surface area contributed by atoms with E-state index < -0.39 is 0 Å². The van der Waals surface area contributed by atoms with Crippen LogP contribution in [0.25, 0.3) is 11.2 Å². The highest BCUT2D eigenvalue weighted by Crippen LogP contribution is 2.21. The van der Waals surface area contributed by atoms with Crippen LogP contribution in [0.15, 0.2) is 18.5 Å². The molecule has 0 aromatic carbocycles. The summed E-state index contributed by atoms with van der Waals surface area (Å²) >= 11 is 5.85. The Morgan fingerprint density at radius 1 is 1.29 bits per heavy atom. The molecule has 0 saturated heterocycles. The Kier molecular flexibility index (Phi) is 2.00. The summed E-state index contributed by atoms with van der Waals surface area (Å²) in [4.78, 5) is 8.54. The molecule has 3 nitrogen and oxygen atoms in total. The molecule has 0 radical (unpaired) electrons. The summed E-state index contributed by atoms with van der Waals surface area (Å²) in [5, 5.41) is 0.503. The van der Waals surface area contributed by atoms with Crippen molar-refractivity contribution in [3.63, 3.8) is 0 Å². The number of fused-ring (bicyclic) bond motifs is 1. The smallest absolute Gasteiger partial charge is 0.162 e. The van der Waals surface area contributed by atoms with Crippen LogP contribution in [-0.4, -0.2) is 14.5 Å². The Bertz CT molecular complexity index is 468. The van der Waals surface area contributed by atoms with Crippen molar-refractivity contribution < 1.29 is 0 Å². The molecule has 0 N–H and O–H groups in total. The lowest BCUT2D eigenvalue weighted by Gasteiger charge is -2.20. The van der Waals surface area contributed by atoms with Crippen molar-refractivity contribution in [1.82, 2.24) is 14.5 Å². The van der Waals surface area contributed by atoms with E-state index in [1.54, 1.807) is 12.4 Å². The molecule has 2 aromatic heterocycles. The minimum absolute atomic E-state index is 0.0214. The maximum absolute atomic E-state index is 5.85. The van der Waals surface area contributed by atoms with E-state index in [1.165, 1.54) is 0 Å². The van der Waals surface area contributed by atoms with Crippen LogP contribution in [0.2, 0.25) is 5.15 Å². The van der Waals surface area contributed by atoms with Gasteiger partial charge in [0.15, 0.2) is 5.65 Å². The lowest BCUT2D eigenvalue weighted by atomic mass is 10.1. The lowest BCUT2D eigenvalue weighted by molar-refractivity contribution is 0.406. The van der Waals surface area contributed by atoms with Gasteiger partial charge in [0.05, 0.1) is 6.33 Å². The van der Waals surface area contributed by atoms with Crippen molar-refractivity contribution in [2.24, 2.45) is 0 Å². The van der Waals surface area contributed by atoms with Crippen LogP contribution >= 0.6 is 11.6 Å². The third-order valence-electron chi connectivity index (χ3n) is 2.08. The number of imidazole rings is 1. The number of aromatic nitrogens is 3. The number of nitrogens with zero attached hydrogens (tertiary/aromatic N) is 3. The fourth-order valence-electron chi connectivity index (χ4n) is 1.36. The highest BCUT2D eigenvalue weighted by Gasteiger charge is 2.16. The zero-order valence-corrected chi connectivity index (χ0v) is 9.21. The molecule has 0 fully saturated rings. The zero-order valence-electron chi connectivity index (χ0n) is 8.45. The average Bonchev–Trinajstić information content (AvgIpc) is 2.45. The number of pyridine rings is 1. The summed E-state index contributed by atoms with van der Waals surface area (Å²) in [5.41, 5.74) is 1.70. The third kappa shape index (κ3) is 1.48. The minimum Gasteiger partial charge on any atom is -0.310 e. The molecule has 2 aromatic rings. The Morgan fingerprint density at radius 2 is 2.00 bits per heavy atom. The molecular formula is C10H12ClN3. The summed E-state index contributed by atoms with van der Waals surface area (Å²) in [5.74, 6) is 0. The van der Waals surface area contributed by atoms with Gasteiger partial charge in [-0.15, -0.1) is 0 Å². The molecule has 14 heavy (non-hydrogen) atoms. The largest absolute Gasteiger partial charge is 0.310 e. The summed E-state index contributed by atoms with van der Waals surface area (Å²) < 4.78 is 2.02. The van der Waals surface area contributed by atoms with Crippen molar-refractivity contribution in [3.05, 3.63) is 23.6 Å². The summed E-state index contributed by atoms with van der Waals surface area (Å²) in [6.07, 6.45) is 1.80. The average molecular weight is 210 g/mol. The lowest BCUT2D eigenvalue weighted by Crippen LogP contribution is -2.20. The molecule has 0 aliphatic carbocycles. The standard InChI is InChI=1S/C10H12ClN3/c1-10(2,3)14-6-12-7-4-5-8(11)13-9(7)14/h4-6H,1-3H3. The molecule has 0 amide bonds. The highest BCUT2D eigenvalue weighted by atomic mass is 35.5. The molecule has 0 atom stereocenters. The molecule has 0 saturated carbocycles. The Balaban J connectivity index is 2.73. The van der Waals surface area contributed by atoms with E-state index in [-0.39, 0.29) is 5.54 Å². The normalized spacial score (nSPS) is 12.3. The quantitative estimate of drug-likeness (QED) is 0.625. The zero-order chi connectivity index (χ0) is 10.3. The van der Waals surface area contributed by atoms with Crippen LogP contribution in [0.3, 0.4) is 0 Å². The molecule has 74 valence electrons. The first-order chi connectivity index (χ1) is 6.48. The van der Waals surface area contributed by atoms with E-state index in [2.05, 4.69) is 30.7 Å². The second kappa shape index (κ2) is 2.95. The van der Waals surface area contributed by atoms with E-state index >= 15 is 0 Å². The van der Waals surface area contributed by atoms with Crippen molar-refractivity contribution >= 4 is 22.8 Å². The molecule has 2 heterocycles. The van der Waals surface area contributed by atoms with Gasteiger partial charge in [0.1, 0.15) is 10.7 Å². The highest BCUT2D eigenvalue weighted by molar-refractivity contribution is 6.29. The van der Waals surface area contributed by atoms with E-state index in [9.17, 15) is 0 Å². The van der Waals surface area contributed by atoms with Gasteiger partial charge < -0.3 is 4.57 Å². The van der Waals surface area contributed by atoms with Crippen molar-refractivity contribution in [1.29, 1.82) is 0 Å². The van der Waals surface area contributed by atoms with E-state index in [4.69, 9.17) is 11.6 Å². The Morgan fingerprint density at radius 3 is 2.64 bits per heavy atom. The first-order valence-corrected chi connectivity index (χ1v) is 4.86. The first kappa shape index (κ1) is 9.46. The number of rotatable bonds is 0. The van der Waals surface area contributed by atoms with E-state index in [1.807, 2.05) is 10.6 Å². The van der Waals surface area contributed by atoms with Gasteiger partial charge in [0, 0.05) is 5.54 Å². The van der Waals surface area contributed by atoms with E-state index in [0.29, 0.717) is 5.15 Å². The van der Waals surface area contributed by atoms with Crippen LogP contribution in [0.5, 0.6) is 0 Å². The topological polar surface area (TPSA) is 30.7 Å². The second-order valence-electron chi connectivity index (χ2n) is 4.26. The van der Waals surface area contributed by atoms with Crippen LogP contribution < -0.4 is 0 Å². The number of halogens is 1. The van der Waals surface area contributed by atoms with Gasteiger partial charge >= 0.3 is 0 Å². The molecule has 2 rings (SSSR count). The molecule has 0 bridgehead atoms. The van der Waals surface area contributed by atoms with Crippen LogP contribution in [0.1, 0.15) is 20.8 Å². The molecular weight excluding hydrogens is 198 g/mol. The van der Waals surface area contributed by atoms with Gasteiger partial charge in [-0.1, -0.05) is 11.6 Å². The molecule has 4 heteroatoms. The number of hydrogen-bond acceptors (Lipinski definition) is 2. The minimum atomic E-state index is -0.0214. The fourth-order valence-corrected chi connectivity index (χ4v) is 1.50. The van der Waals surface area contributed by atoms with Gasteiger partial charge in [0.25, 0.3) is 0 Å². The molecule has 0 unspecified atom stereocenters. The predicted octanol–water partition coefficient (Wildman–Crippen LogP) is 2.84. The van der Waals surface area contributed by atoms with Gasteiger partial charge in [-0.05, 0) is 32.9 Å². The third-order valence-corrected chi connectivity index (χ3v) is 2.29. The summed E-state index contributed by atoms with van der Waals surface area (Å²) in [6, 6.07) is 3.64. The van der Waals surface area contributed by atoms with Crippen molar-refractivity contribution in [2.45, 2.75) is 26.3 Å². The molecule has 0 spiro atoms. The Labute approximate surface area is 87.7 Å². The summed E-state index contributed by atoms with van der Waals surface area (Å²) in [7, 11) is 0. The first-order valence-electron chi connectivity index (χ1n) is 4.48. The SMILES string of the molecule is CC(C)(C)n1cnc2ccc(Cl)nc21. The fraction of sp³-hybridized carbons (Fsp3) is 0.400. The summed E-state index contributed by atoms with van der Waals surface area (Å²) in [6.45, 7) is 6.32.